The quantitative estimate of drug-likeness (QED) is 0.281. The second-order valence-corrected chi connectivity index (χ2v) is 6.21. The molecule has 7 heteroatoms. The third kappa shape index (κ3) is 7.19. The number of halogens is 2. The summed E-state index contributed by atoms with van der Waals surface area (Å²) in [5.41, 5.74) is 1.12. The Morgan fingerprint density at radius 3 is 2.56 bits per heavy atom. The van der Waals surface area contributed by atoms with Crippen LogP contribution in [0.4, 0.5) is 5.69 Å². The standard InChI is InChI=1S/C18H29ClN4O.HI/c1-3-24-15-7-6-10-21-18(20-2)23-13-11-22(12-14-23)17-9-5-4-8-16(17)19;/h4-5,8-9H,3,6-7,10-15H2,1-2H3,(H,20,21);1H. The zero-order chi connectivity index (χ0) is 17.2. The summed E-state index contributed by atoms with van der Waals surface area (Å²) < 4.78 is 5.36. The molecule has 25 heavy (non-hydrogen) atoms. The van der Waals surface area contributed by atoms with E-state index in [4.69, 9.17) is 16.3 Å². The van der Waals surface area contributed by atoms with Gasteiger partial charge in [-0.1, -0.05) is 23.7 Å². The highest BCUT2D eigenvalue weighted by molar-refractivity contribution is 14.0. The number of anilines is 1. The van der Waals surface area contributed by atoms with E-state index in [1.165, 1.54) is 0 Å². The van der Waals surface area contributed by atoms with Gasteiger partial charge >= 0.3 is 0 Å². The fourth-order valence-electron chi connectivity index (χ4n) is 2.87. The lowest BCUT2D eigenvalue weighted by Gasteiger charge is -2.38. The van der Waals surface area contributed by atoms with Gasteiger partial charge in [-0.15, -0.1) is 24.0 Å². The maximum atomic E-state index is 6.30. The van der Waals surface area contributed by atoms with Gasteiger partial charge in [-0.2, -0.15) is 0 Å². The number of nitrogens with one attached hydrogen (secondary N) is 1. The van der Waals surface area contributed by atoms with Crippen LogP contribution in [0.2, 0.25) is 5.02 Å². The van der Waals surface area contributed by atoms with Crippen LogP contribution in [0.15, 0.2) is 29.3 Å². The SMILES string of the molecule is CCOCCCCNC(=NC)N1CCN(c2ccccc2Cl)CC1.I. The highest BCUT2D eigenvalue weighted by atomic mass is 127. The van der Waals surface area contributed by atoms with Crippen LogP contribution in [0.5, 0.6) is 0 Å². The molecule has 1 N–H and O–H groups in total. The first-order valence-corrected chi connectivity index (χ1v) is 9.17. The Morgan fingerprint density at radius 2 is 1.92 bits per heavy atom. The van der Waals surface area contributed by atoms with Gasteiger partial charge in [0.15, 0.2) is 5.96 Å². The Kier molecular flexibility index (Phi) is 11.2. The second kappa shape index (κ2) is 12.6. The van der Waals surface area contributed by atoms with Crippen LogP contribution in [-0.4, -0.2) is 63.8 Å². The lowest BCUT2D eigenvalue weighted by molar-refractivity contribution is 0.143. The zero-order valence-electron chi connectivity index (χ0n) is 15.2. The van der Waals surface area contributed by atoms with Crippen LogP contribution in [0.1, 0.15) is 19.8 Å². The van der Waals surface area contributed by atoms with Gasteiger partial charge < -0.3 is 19.9 Å². The number of para-hydroxylation sites is 1. The number of nitrogens with zero attached hydrogens (tertiary/aromatic N) is 3. The first-order chi connectivity index (χ1) is 11.8. The number of unbranched alkanes of at least 4 members (excludes halogenated alkanes) is 1. The Balaban J connectivity index is 0.00000312. The molecule has 142 valence electrons. The van der Waals surface area contributed by atoms with E-state index in [0.29, 0.717) is 0 Å². The van der Waals surface area contributed by atoms with Crippen molar-refractivity contribution in [2.45, 2.75) is 19.8 Å². The molecule has 1 fully saturated rings. The fourth-order valence-corrected chi connectivity index (χ4v) is 3.13. The monoisotopic (exact) mass is 480 g/mol. The van der Waals surface area contributed by atoms with Crippen molar-refractivity contribution in [3.05, 3.63) is 29.3 Å². The molecule has 0 unspecified atom stereocenters. The van der Waals surface area contributed by atoms with E-state index >= 15 is 0 Å². The van der Waals surface area contributed by atoms with E-state index in [9.17, 15) is 0 Å². The largest absolute Gasteiger partial charge is 0.382 e. The van der Waals surface area contributed by atoms with E-state index in [1.54, 1.807) is 0 Å². The van der Waals surface area contributed by atoms with Gasteiger partial charge in [0.1, 0.15) is 0 Å². The Bertz CT molecular complexity index is 522. The van der Waals surface area contributed by atoms with Gasteiger partial charge in [0.25, 0.3) is 0 Å². The van der Waals surface area contributed by atoms with Crippen LogP contribution < -0.4 is 10.2 Å². The summed E-state index contributed by atoms with van der Waals surface area (Å²) in [6.07, 6.45) is 2.18. The molecular formula is C18H30ClIN4O. The van der Waals surface area contributed by atoms with Crippen molar-refractivity contribution in [1.29, 1.82) is 0 Å². The molecule has 1 saturated heterocycles. The highest BCUT2D eigenvalue weighted by Gasteiger charge is 2.20. The van der Waals surface area contributed by atoms with E-state index < -0.39 is 0 Å². The predicted octanol–water partition coefficient (Wildman–Crippen LogP) is 3.47. The van der Waals surface area contributed by atoms with Gasteiger partial charge in [0.2, 0.25) is 0 Å². The fraction of sp³-hybridized carbons (Fsp3) is 0.611. The highest BCUT2D eigenvalue weighted by Crippen LogP contribution is 2.25. The lowest BCUT2D eigenvalue weighted by Crippen LogP contribution is -2.52. The average Bonchev–Trinajstić information content (AvgIpc) is 2.62. The van der Waals surface area contributed by atoms with Crippen LogP contribution in [0.3, 0.4) is 0 Å². The molecule has 0 spiro atoms. The maximum absolute atomic E-state index is 6.30. The van der Waals surface area contributed by atoms with Crippen LogP contribution in [0, 0.1) is 0 Å². The molecule has 1 aliphatic rings. The Labute approximate surface area is 173 Å². The number of ether oxygens (including phenoxy) is 1. The summed E-state index contributed by atoms with van der Waals surface area (Å²) in [6.45, 7) is 8.40. The molecule has 1 aromatic carbocycles. The number of hydrogen-bond donors (Lipinski definition) is 1. The topological polar surface area (TPSA) is 40.1 Å². The van der Waals surface area contributed by atoms with Gasteiger partial charge in [0.05, 0.1) is 10.7 Å². The first kappa shape index (κ1) is 22.3. The summed E-state index contributed by atoms with van der Waals surface area (Å²) in [4.78, 5) is 9.07. The number of benzene rings is 1. The molecule has 1 aromatic rings. The van der Waals surface area contributed by atoms with Gasteiger partial charge in [-0.05, 0) is 31.9 Å². The van der Waals surface area contributed by atoms with E-state index in [0.717, 1.165) is 75.4 Å². The molecular weight excluding hydrogens is 451 g/mol. The molecule has 2 rings (SSSR count). The van der Waals surface area contributed by atoms with Crippen molar-refractivity contribution in [3.63, 3.8) is 0 Å². The second-order valence-electron chi connectivity index (χ2n) is 5.80. The number of rotatable bonds is 7. The predicted molar refractivity (Wildman–Crippen MR) is 118 cm³/mol. The van der Waals surface area contributed by atoms with Crippen molar-refractivity contribution in [2.24, 2.45) is 4.99 Å². The number of guanidine groups is 1. The van der Waals surface area contributed by atoms with E-state index in [1.807, 2.05) is 32.2 Å². The third-order valence-corrected chi connectivity index (χ3v) is 4.51. The normalized spacial score (nSPS) is 15.1. The summed E-state index contributed by atoms with van der Waals surface area (Å²) >= 11 is 6.30. The van der Waals surface area contributed by atoms with Crippen LogP contribution >= 0.6 is 35.6 Å². The zero-order valence-corrected chi connectivity index (χ0v) is 18.3. The smallest absolute Gasteiger partial charge is 0.193 e. The molecule has 5 nitrogen and oxygen atoms in total. The molecule has 1 aliphatic heterocycles. The molecule has 0 aliphatic carbocycles. The molecule has 0 amide bonds. The molecule has 0 bridgehead atoms. The van der Waals surface area contributed by atoms with E-state index in [-0.39, 0.29) is 24.0 Å². The van der Waals surface area contributed by atoms with Gasteiger partial charge in [-0.3, -0.25) is 4.99 Å². The number of aliphatic imine (C=N–C) groups is 1. The molecule has 1 heterocycles. The van der Waals surface area contributed by atoms with Crippen molar-refractivity contribution in [3.8, 4) is 0 Å². The minimum atomic E-state index is 0. The van der Waals surface area contributed by atoms with Gasteiger partial charge in [-0.25, -0.2) is 0 Å². The minimum absolute atomic E-state index is 0. The molecule has 0 aromatic heterocycles. The number of piperazine rings is 1. The Morgan fingerprint density at radius 1 is 1.20 bits per heavy atom. The maximum Gasteiger partial charge on any atom is 0.193 e. The average molecular weight is 481 g/mol. The summed E-state index contributed by atoms with van der Waals surface area (Å²) in [5.74, 6) is 0.991. The van der Waals surface area contributed by atoms with Crippen LogP contribution in [-0.2, 0) is 4.74 Å². The lowest BCUT2D eigenvalue weighted by atomic mass is 10.2. The molecule has 0 radical (unpaired) electrons. The van der Waals surface area contributed by atoms with Crippen molar-refractivity contribution < 1.29 is 4.74 Å². The Hall–Kier alpha value is -0.730. The molecule has 0 saturated carbocycles. The summed E-state index contributed by atoms with van der Waals surface area (Å²) in [7, 11) is 1.85. The number of hydrogen-bond acceptors (Lipinski definition) is 3. The van der Waals surface area contributed by atoms with Gasteiger partial charge in [0, 0.05) is 53.0 Å². The van der Waals surface area contributed by atoms with Crippen molar-refractivity contribution in [2.75, 3.05) is 57.9 Å². The molecule has 0 atom stereocenters. The minimum Gasteiger partial charge on any atom is -0.382 e. The first-order valence-electron chi connectivity index (χ1n) is 8.79. The van der Waals surface area contributed by atoms with E-state index in [2.05, 4.69) is 26.2 Å². The summed E-state index contributed by atoms with van der Waals surface area (Å²) in [5, 5.41) is 4.28. The third-order valence-electron chi connectivity index (χ3n) is 4.19. The summed E-state index contributed by atoms with van der Waals surface area (Å²) in [6, 6.07) is 8.05. The van der Waals surface area contributed by atoms with Crippen molar-refractivity contribution in [1.82, 2.24) is 10.2 Å². The van der Waals surface area contributed by atoms with Crippen LogP contribution in [0.25, 0.3) is 0 Å². The van der Waals surface area contributed by atoms with Crippen molar-refractivity contribution >= 4 is 47.2 Å².